The zero-order chi connectivity index (χ0) is 14.2. The topological polar surface area (TPSA) is 53.6 Å². The number of nitrogens with one attached hydrogen (secondary N) is 2. The van der Waals surface area contributed by atoms with E-state index >= 15 is 0 Å². The van der Waals surface area contributed by atoms with Crippen LogP contribution in [0.4, 0.5) is 0 Å². The van der Waals surface area contributed by atoms with E-state index in [-0.39, 0.29) is 11.9 Å². The first-order valence-corrected chi connectivity index (χ1v) is 8.11. The highest BCUT2D eigenvalue weighted by atomic mass is 16.5. The summed E-state index contributed by atoms with van der Waals surface area (Å²) in [6.07, 6.45) is 4.77. The Morgan fingerprint density at radius 2 is 2.40 bits per heavy atom. The zero-order valence-electron chi connectivity index (χ0n) is 12.7. The van der Waals surface area contributed by atoms with Crippen molar-refractivity contribution >= 4 is 5.91 Å². The zero-order valence-corrected chi connectivity index (χ0v) is 12.7. The molecule has 0 saturated carbocycles. The molecule has 2 aliphatic heterocycles. The number of amides is 1. The predicted molar refractivity (Wildman–Crippen MR) is 79.7 cm³/mol. The van der Waals surface area contributed by atoms with Crippen molar-refractivity contribution in [2.24, 2.45) is 5.92 Å². The maximum Gasteiger partial charge on any atom is 0.239 e. The second-order valence-electron chi connectivity index (χ2n) is 5.92. The van der Waals surface area contributed by atoms with Crippen molar-refractivity contribution in [2.45, 2.75) is 38.6 Å². The molecule has 0 aromatic rings. The molecule has 2 rings (SSSR count). The third-order valence-corrected chi connectivity index (χ3v) is 4.31. The number of hydrogen-bond acceptors (Lipinski definition) is 4. The van der Waals surface area contributed by atoms with Gasteiger partial charge in [0.05, 0.1) is 13.2 Å². The number of hydrogen-bond donors (Lipinski definition) is 2. The molecule has 2 heterocycles. The summed E-state index contributed by atoms with van der Waals surface area (Å²) in [6, 6.07) is -0.0909. The van der Waals surface area contributed by atoms with Crippen molar-refractivity contribution in [1.82, 2.24) is 15.5 Å². The second kappa shape index (κ2) is 8.60. The molecular weight excluding hydrogens is 254 g/mol. The minimum Gasteiger partial charge on any atom is -0.378 e. The van der Waals surface area contributed by atoms with Gasteiger partial charge in [-0.3, -0.25) is 9.69 Å². The van der Waals surface area contributed by atoms with E-state index in [1.807, 2.05) is 0 Å². The number of ether oxygens (including phenoxy) is 1. The fourth-order valence-corrected chi connectivity index (χ4v) is 3.03. The lowest BCUT2D eigenvalue weighted by atomic mass is 9.95. The Morgan fingerprint density at radius 1 is 1.50 bits per heavy atom. The predicted octanol–water partition coefficient (Wildman–Crippen LogP) is 0.603. The molecule has 116 valence electrons. The molecule has 2 saturated heterocycles. The number of morpholine rings is 1. The summed E-state index contributed by atoms with van der Waals surface area (Å²) in [5.41, 5.74) is 0. The van der Waals surface area contributed by atoms with Gasteiger partial charge in [0, 0.05) is 13.1 Å². The summed E-state index contributed by atoms with van der Waals surface area (Å²) in [7, 11) is 0. The molecule has 2 unspecified atom stereocenters. The molecular formula is C15H29N3O2. The largest absolute Gasteiger partial charge is 0.378 e. The van der Waals surface area contributed by atoms with Crippen molar-refractivity contribution in [3.63, 3.8) is 0 Å². The quantitative estimate of drug-likeness (QED) is 0.750. The SMILES string of the molecule is CCCNC(=O)C1COCCN1CCC1CCCNC1. The van der Waals surface area contributed by atoms with Gasteiger partial charge in [0.15, 0.2) is 0 Å². The number of carbonyl (C=O) groups is 1. The van der Waals surface area contributed by atoms with E-state index < -0.39 is 0 Å². The Hall–Kier alpha value is -0.650. The Morgan fingerprint density at radius 3 is 3.15 bits per heavy atom. The normalized spacial score (nSPS) is 28.2. The van der Waals surface area contributed by atoms with Gasteiger partial charge in [0.1, 0.15) is 6.04 Å². The van der Waals surface area contributed by atoms with Crippen LogP contribution in [0.15, 0.2) is 0 Å². The molecule has 0 aromatic heterocycles. The van der Waals surface area contributed by atoms with E-state index in [4.69, 9.17) is 4.74 Å². The third kappa shape index (κ3) is 4.72. The highest BCUT2D eigenvalue weighted by Crippen LogP contribution is 2.16. The lowest BCUT2D eigenvalue weighted by molar-refractivity contribution is -0.132. The maximum absolute atomic E-state index is 12.2. The first kappa shape index (κ1) is 15.7. The van der Waals surface area contributed by atoms with Crippen molar-refractivity contribution in [1.29, 1.82) is 0 Å². The molecule has 0 spiro atoms. The standard InChI is InChI=1S/C15H29N3O2/c1-2-6-17-15(19)14-12-20-10-9-18(14)8-5-13-4-3-7-16-11-13/h13-14,16H,2-12H2,1H3,(H,17,19). The Bertz CT molecular complexity index is 293. The van der Waals surface area contributed by atoms with Crippen molar-refractivity contribution in [3.05, 3.63) is 0 Å². The van der Waals surface area contributed by atoms with Gasteiger partial charge in [0.2, 0.25) is 5.91 Å². The highest BCUT2D eigenvalue weighted by Gasteiger charge is 2.29. The molecule has 2 aliphatic rings. The lowest BCUT2D eigenvalue weighted by Crippen LogP contribution is -2.54. The Labute approximate surface area is 122 Å². The lowest BCUT2D eigenvalue weighted by Gasteiger charge is -2.35. The molecule has 2 fully saturated rings. The molecule has 0 radical (unpaired) electrons. The first-order valence-electron chi connectivity index (χ1n) is 8.11. The average molecular weight is 283 g/mol. The van der Waals surface area contributed by atoms with Crippen LogP contribution >= 0.6 is 0 Å². The molecule has 5 heteroatoms. The van der Waals surface area contributed by atoms with E-state index in [0.29, 0.717) is 6.61 Å². The van der Waals surface area contributed by atoms with Gasteiger partial charge in [-0.15, -0.1) is 0 Å². The molecule has 2 N–H and O–H groups in total. The van der Waals surface area contributed by atoms with E-state index in [1.165, 1.54) is 19.3 Å². The number of nitrogens with zero attached hydrogens (tertiary/aromatic N) is 1. The van der Waals surface area contributed by atoms with Crippen molar-refractivity contribution in [3.8, 4) is 0 Å². The molecule has 0 bridgehead atoms. The number of rotatable bonds is 6. The van der Waals surface area contributed by atoms with Crippen molar-refractivity contribution in [2.75, 3.05) is 45.9 Å². The van der Waals surface area contributed by atoms with Gasteiger partial charge in [-0.05, 0) is 51.2 Å². The maximum atomic E-state index is 12.2. The van der Waals surface area contributed by atoms with E-state index in [0.717, 1.165) is 51.7 Å². The summed E-state index contributed by atoms with van der Waals surface area (Å²) in [4.78, 5) is 14.5. The minimum absolute atomic E-state index is 0.0909. The van der Waals surface area contributed by atoms with Crippen LogP contribution in [0.5, 0.6) is 0 Å². The van der Waals surface area contributed by atoms with Gasteiger partial charge >= 0.3 is 0 Å². The molecule has 0 aliphatic carbocycles. The molecule has 2 atom stereocenters. The van der Waals surface area contributed by atoms with Crippen molar-refractivity contribution < 1.29 is 9.53 Å². The monoisotopic (exact) mass is 283 g/mol. The molecule has 20 heavy (non-hydrogen) atoms. The van der Waals surface area contributed by atoms with E-state index in [1.54, 1.807) is 0 Å². The van der Waals surface area contributed by atoms with Crippen LogP contribution in [0.2, 0.25) is 0 Å². The smallest absolute Gasteiger partial charge is 0.239 e. The van der Waals surface area contributed by atoms with Crippen LogP contribution in [-0.4, -0.2) is 62.8 Å². The van der Waals surface area contributed by atoms with Gasteiger partial charge in [0.25, 0.3) is 0 Å². The van der Waals surface area contributed by atoms with Gasteiger partial charge in [-0.25, -0.2) is 0 Å². The average Bonchev–Trinajstić information content (AvgIpc) is 2.52. The fourth-order valence-electron chi connectivity index (χ4n) is 3.03. The Balaban J connectivity index is 1.78. The first-order chi connectivity index (χ1) is 9.81. The van der Waals surface area contributed by atoms with E-state index in [2.05, 4.69) is 22.5 Å². The summed E-state index contributed by atoms with van der Waals surface area (Å²) in [6.45, 7) is 8.32. The second-order valence-corrected chi connectivity index (χ2v) is 5.92. The molecule has 0 aromatic carbocycles. The highest BCUT2D eigenvalue weighted by molar-refractivity contribution is 5.81. The third-order valence-electron chi connectivity index (χ3n) is 4.31. The fraction of sp³-hybridized carbons (Fsp3) is 0.933. The molecule has 5 nitrogen and oxygen atoms in total. The number of carbonyl (C=O) groups excluding carboxylic acids is 1. The van der Waals surface area contributed by atoms with Crippen LogP contribution in [0.1, 0.15) is 32.6 Å². The number of piperidine rings is 1. The summed E-state index contributed by atoms with van der Waals surface area (Å²) >= 11 is 0. The van der Waals surface area contributed by atoms with Crippen LogP contribution in [0, 0.1) is 5.92 Å². The van der Waals surface area contributed by atoms with Gasteiger partial charge in [-0.2, -0.15) is 0 Å². The summed E-state index contributed by atoms with van der Waals surface area (Å²) in [5.74, 6) is 0.902. The van der Waals surface area contributed by atoms with E-state index in [9.17, 15) is 4.79 Å². The van der Waals surface area contributed by atoms with Crippen LogP contribution in [0.25, 0.3) is 0 Å². The summed E-state index contributed by atoms with van der Waals surface area (Å²) in [5, 5.41) is 6.46. The van der Waals surface area contributed by atoms with Gasteiger partial charge in [-0.1, -0.05) is 6.92 Å². The van der Waals surface area contributed by atoms with Crippen LogP contribution in [-0.2, 0) is 9.53 Å². The Kier molecular flexibility index (Phi) is 6.76. The van der Waals surface area contributed by atoms with Crippen LogP contribution in [0.3, 0.4) is 0 Å². The van der Waals surface area contributed by atoms with Crippen LogP contribution < -0.4 is 10.6 Å². The summed E-state index contributed by atoms with van der Waals surface area (Å²) < 4.78 is 5.49. The van der Waals surface area contributed by atoms with Gasteiger partial charge < -0.3 is 15.4 Å². The minimum atomic E-state index is -0.0909. The molecule has 1 amide bonds.